The smallest absolute Gasteiger partial charge is 0.330 e. The van der Waals surface area contributed by atoms with Crippen LogP contribution in [0.3, 0.4) is 0 Å². The van der Waals surface area contributed by atoms with E-state index in [1.54, 1.807) is 24.5 Å². The lowest BCUT2D eigenvalue weighted by Crippen LogP contribution is -1.93. The maximum Gasteiger partial charge on any atom is 0.330 e. The zero-order valence-electron chi connectivity index (χ0n) is 7.27. The van der Waals surface area contributed by atoms with Gasteiger partial charge in [0.15, 0.2) is 0 Å². The number of esters is 1. The molecule has 3 nitrogen and oxygen atoms in total. The molecule has 0 aromatic heterocycles. The van der Waals surface area contributed by atoms with Gasteiger partial charge in [-0.25, -0.2) is 4.79 Å². The molecular formula is C10H10O3. The van der Waals surface area contributed by atoms with Gasteiger partial charge in [-0.3, -0.25) is 0 Å². The Kier molecular flexibility index (Phi) is 3.57. The van der Waals surface area contributed by atoms with Crippen molar-refractivity contribution < 1.29 is 14.3 Å². The third-order valence-corrected chi connectivity index (χ3v) is 1.40. The van der Waals surface area contributed by atoms with E-state index in [0.29, 0.717) is 0 Å². The molecule has 13 heavy (non-hydrogen) atoms. The van der Waals surface area contributed by atoms with Crippen LogP contribution in [0.4, 0.5) is 0 Å². The maximum absolute atomic E-state index is 10.7. The van der Waals surface area contributed by atoms with Gasteiger partial charge in [-0.1, -0.05) is 6.08 Å². The fourth-order valence-corrected chi connectivity index (χ4v) is 0.758. The zero-order valence-corrected chi connectivity index (χ0v) is 7.27. The van der Waals surface area contributed by atoms with Gasteiger partial charge in [-0.05, 0) is 23.8 Å². The Morgan fingerprint density at radius 3 is 3.15 bits per heavy atom. The van der Waals surface area contributed by atoms with Gasteiger partial charge >= 0.3 is 5.97 Å². The highest BCUT2D eigenvalue weighted by molar-refractivity contribution is 5.82. The average molecular weight is 178 g/mol. The Bertz CT molecular complexity index is 295. The van der Waals surface area contributed by atoms with Crippen molar-refractivity contribution in [2.75, 3.05) is 7.11 Å². The number of hydrogen-bond donors (Lipinski definition) is 0. The summed E-state index contributed by atoms with van der Waals surface area (Å²) in [5, 5.41) is 0. The van der Waals surface area contributed by atoms with E-state index in [4.69, 9.17) is 4.74 Å². The van der Waals surface area contributed by atoms with Crippen molar-refractivity contribution >= 4 is 5.97 Å². The van der Waals surface area contributed by atoms with Crippen LogP contribution in [0.25, 0.3) is 0 Å². The first kappa shape index (κ1) is 9.32. The van der Waals surface area contributed by atoms with Gasteiger partial charge in [0.05, 0.1) is 19.6 Å². The molecule has 0 amide bonds. The third-order valence-electron chi connectivity index (χ3n) is 1.40. The van der Waals surface area contributed by atoms with Gasteiger partial charge in [0.2, 0.25) is 0 Å². The molecule has 0 atom stereocenters. The first-order valence-corrected chi connectivity index (χ1v) is 3.78. The summed E-state index contributed by atoms with van der Waals surface area (Å²) in [5.41, 5.74) is 0.874. The lowest BCUT2D eigenvalue weighted by molar-refractivity contribution is -0.134. The first-order chi connectivity index (χ1) is 6.33. The zero-order chi connectivity index (χ0) is 9.52. The molecule has 0 aliphatic carbocycles. The molecule has 3 heteroatoms. The van der Waals surface area contributed by atoms with E-state index in [9.17, 15) is 4.79 Å². The highest BCUT2D eigenvalue weighted by atomic mass is 16.5. The number of rotatable bonds is 2. The van der Waals surface area contributed by atoms with Crippen LogP contribution in [0, 0.1) is 0 Å². The van der Waals surface area contributed by atoms with Crippen molar-refractivity contribution in [1.29, 1.82) is 0 Å². The Morgan fingerprint density at radius 2 is 2.38 bits per heavy atom. The molecule has 0 saturated heterocycles. The van der Waals surface area contributed by atoms with Crippen molar-refractivity contribution in [3.05, 3.63) is 48.5 Å². The largest absolute Gasteiger partial charge is 0.473 e. The normalized spacial score (nSPS) is 15.0. The molecule has 1 heterocycles. The molecule has 1 rings (SSSR count). The van der Waals surface area contributed by atoms with Crippen LogP contribution in [0.1, 0.15) is 0 Å². The molecule has 0 N–H and O–H groups in total. The van der Waals surface area contributed by atoms with Crippen molar-refractivity contribution in [2.45, 2.75) is 0 Å². The summed E-state index contributed by atoms with van der Waals surface area (Å²) in [6.45, 7) is 0. The number of carbonyl (C=O) groups excluding carboxylic acids is 1. The van der Waals surface area contributed by atoms with Crippen LogP contribution >= 0.6 is 0 Å². The number of hydrogen-bond acceptors (Lipinski definition) is 3. The molecule has 68 valence electrons. The minimum atomic E-state index is -0.372. The molecule has 1 aliphatic rings. The first-order valence-electron chi connectivity index (χ1n) is 3.78. The minimum absolute atomic E-state index is 0.372. The number of allylic oxidation sites excluding steroid dienone is 5. The lowest BCUT2D eigenvalue weighted by Gasteiger charge is -1.90. The van der Waals surface area contributed by atoms with E-state index in [2.05, 4.69) is 4.74 Å². The Balaban J connectivity index is 2.62. The lowest BCUT2D eigenvalue weighted by atomic mass is 10.2. The Labute approximate surface area is 76.6 Å². The summed E-state index contributed by atoms with van der Waals surface area (Å²) in [7, 11) is 1.34. The average Bonchev–Trinajstić information content (AvgIpc) is 2.42. The number of carbonyl (C=O) groups is 1. The fourth-order valence-electron chi connectivity index (χ4n) is 0.758. The van der Waals surface area contributed by atoms with Crippen LogP contribution in [0.2, 0.25) is 0 Å². The molecule has 0 bridgehead atoms. The van der Waals surface area contributed by atoms with Crippen LogP contribution in [0.15, 0.2) is 48.5 Å². The van der Waals surface area contributed by atoms with E-state index in [0.717, 1.165) is 5.57 Å². The van der Waals surface area contributed by atoms with Gasteiger partial charge in [0, 0.05) is 6.08 Å². The summed E-state index contributed by atoms with van der Waals surface area (Å²) < 4.78 is 9.34. The SMILES string of the molecule is COC(=O)/C=C/C1=CC=COC=C1. The highest BCUT2D eigenvalue weighted by Crippen LogP contribution is 2.04. The summed E-state index contributed by atoms with van der Waals surface area (Å²) in [6.07, 6.45) is 11.4. The second-order valence-electron chi connectivity index (χ2n) is 2.29. The molecular weight excluding hydrogens is 168 g/mol. The van der Waals surface area contributed by atoms with Crippen molar-refractivity contribution in [3.63, 3.8) is 0 Å². The van der Waals surface area contributed by atoms with Gasteiger partial charge in [-0.15, -0.1) is 0 Å². The monoisotopic (exact) mass is 178 g/mol. The number of methoxy groups -OCH3 is 1. The van der Waals surface area contributed by atoms with E-state index in [1.807, 2.05) is 6.08 Å². The molecule has 0 unspecified atom stereocenters. The predicted octanol–water partition coefficient (Wildman–Crippen LogP) is 1.70. The summed E-state index contributed by atoms with van der Waals surface area (Å²) in [4.78, 5) is 10.7. The van der Waals surface area contributed by atoms with Gasteiger partial charge < -0.3 is 9.47 Å². The third kappa shape index (κ3) is 3.42. The van der Waals surface area contributed by atoms with E-state index in [1.165, 1.54) is 19.4 Å². The summed E-state index contributed by atoms with van der Waals surface area (Å²) in [5.74, 6) is -0.372. The van der Waals surface area contributed by atoms with Gasteiger partial charge in [0.1, 0.15) is 0 Å². The molecule has 0 fully saturated rings. The van der Waals surface area contributed by atoms with Crippen LogP contribution < -0.4 is 0 Å². The standard InChI is InChI=1S/C10H10O3/c1-12-10(11)5-4-9-3-2-7-13-8-6-9/h2-8H,1H3/b5-4+. The molecule has 0 aromatic carbocycles. The molecule has 1 aliphatic heterocycles. The maximum atomic E-state index is 10.7. The topological polar surface area (TPSA) is 35.5 Å². The fraction of sp³-hybridized carbons (Fsp3) is 0.100. The highest BCUT2D eigenvalue weighted by Gasteiger charge is 1.92. The van der Waals surface area contributed by atoms with Gasteiger partial charge in [-0.2, -0.15) is 0 Å². The predicted molar refractivity (Wildman–Crippen MR) is 48.6 cm³/mol. The van der Waals surface area contributed by atoms with E-state index in [-0.39, 0.29) is 5.97 Å². The van der Waals surface area contributed by atoms with Crippen LogP contribution in [0.5, 0.6) is 0 Å². The molecule has 0 spiro atoms. The van der Waals surface area contributed by atoms with Gasteiger partial charge in [0.25, 0.3) is 0 Å². The minimum Gasteiger partial charge on any atom is -0.473 e. The summed E-state index contributed by atoms with van der Waals surface area (Å²) >= 11 is 0. The Morgan fingerprint density at radius 1 is 1.54 bits per heavy atom. The van der Waals surface area contributed by atoms with Crippen molar-refractivity contribution in [2.24, 2.45) is 0 Å². The second kappa shape index (κ2) is 4.98. The van der Waals surface area contributed by atoms with Crippen molar-refractivity contribution in [1.82, 2.24) is 0 Å². The Hall–Kier alpha value is -1.77. The van der Waals surface area contributed by atoms with Crippen molar-refractivity contribution in [3.8, 4) is 0 Å². The molecule has 0 saturated carbocycles. The molecule has 0 radical (unpaired) electrons. The van der Waals surface area contributed by atoms with Crippen LogP contribution in [-0.2, 0) is 14.3 Å². The summed E-state index contributed by atoms with van der Waals surface area (Å²) in [6, 6.07) is 0. The number of ether oxygens (including phenoxy) is 2. The van der Waals surface area contributed by atoms with Crippen LogP contribution in [-0.4, -0.2) is 13.1 Å². The van der Waals surface area contributed by atoms with E-state index >= 15 is 0 Å². The van der Waals surface area contributed by atoms with E-state index < -0.39 is 0 Å². The quantitative estimate of drug-likeness (QED) is 0.477. The molecule has 0 aromatic rings. The second-order valence-corrected chi connectivity index (χ2v) is 2.29.